The van der Waals surface area contributed by atoms with Gasteiger partial charge in [0, 0.05) is 43.4 Å². The number of hydrogen-bond donors (Lipinski definition) is 1. The number of nitrogens with zero attached hydrogens (tertiary/aromatic N) is 3. The molecule has 0 unspecified atom stereocenters. The molecule has 2 aromatic carbocycles. The molecule has 0 saturated heterocycles. The van der Waals surface area contributed by atoms with Crippen LogP contribution in [-0.4, -0.2) is 47.4 Å². The van der Waals surface area contributed by atoms with Gasteiger partial charge < -0.3 is 14.8 Å². The lowest BCUT2D eigenvalue weighted by molar-refractivity contribution is 0.0943. The van der Waals surface area contributed by atoms with E-state index in [0.717, 1.165) is 60.7 Å². The molecule has 0 atom stereocenters. The summed E-state index contributed by atoms with van der Waals surface area (Å²) in [5.41, 5.74) is 5.07. The molecule has 5 rings (SSSR count). The van der Waals surface area contributed by atoms with Crippen LogP contribution in [-0.2, 0) is 26.1 Å². The zero-order valence-corrected chi connectivity index (χ0v) is 19.2. The number of nitrogens with one attached hydrogen (secondary N) is 1. The van der Waals surface area contributed by atoms with Gasteiger partial charge in [-0.25, -0.2) is 0 Å². The highest BCUT2D eigenvalue weighted by Crippen LogP contribution is 2.27. The quantitative estimate of drug-likeness (QED) is 0.574. The van der Waals surface area contributed by atoms with Crippen molar-refractivity contribution in [3.05, 3.63) is 76.6 Å². The number of aromatic nitrogens is 2. The minimum atomic E-state index is -0.0543. The van der Waals surface area contributed by atoms with Gasteiger partial charge in [0.2, 0.25) is 0 Å². The Hall–Kier alpha value is -3.32. The van der Waals surface area contributed by atoms with E-state index in [4.69, 9.17) is 14.6 Å². The largest absolute Gasteiger partial charge is 0.497 e. The molecule has 2 heterocycles. The van der Waals surface area contributed by atoms with Crippen LogP contribution in [0.1, 0.15) is 45.7 Å². The average molecular weight is 447 g/mol. The number of carbonyl (C=O) groups is 1. The molecule has 1 aliphatic heterocycles. The third kappa shape index (κ3) is 4.88. The maximum Gasteiger partial charge on any atom is 0.272 e. The lowest BCUT2D eigenvalue weighted by atomic mass is 10.0. The lowest BCUT2D eigenvalue weighted by Gasteiger charge is -2.28. The fourth-order valence-electron chi connectivity index (χ4n) is 4.45. The van der Waals surface area contributed by atoms with Gasteiger partial charge in [-0.2, -0.15) is 5.10 Å². The summed E-state index contributed by atoms with van der Waals surface area (Å²) in [7, 11) is 3.36. The topological polar surface area (TPSA) is 68.6 Å². The van der Waals surface area contributed by atoms with Crippen molar-refractivity contribution in [2.75, 3.05) is 20.8 Å². The Bertz CT molecular complexity index is 1150. The number of hydrogen-bond acceptors (Lipinski definition) is 5. The minimum absolute atomic E-state index is 0.0543. The zero-order chi connectivity index (χ0) is 22.8. The van der Waals surface area contributed by atoms with Crippen LogP contribution in [0.5, 0.6) is 11.5 Å². The summed E-state index contributed by atoms with van der Waals surface area (Å²) in [6.45, 7) is 3.04. The number of carbonyl (C=O) groups excluding carboxylic acids is 1. The van der Waals surface area contributed by atoms with E-state index in [1.165, 1.54) is 5.56 Å². The van der Waals surface area contributed by atoms with Crippen molar-refractivity contribution in [1.82, 2.24) is 20.0 Å². The van der Waals surface area contributed by atoms with Crippen molar-refractivity contribution in [2.45, 2.75) is 44.9 Å². The second-order valence-corrected chi connectivity index (χ2v) is 8.84. The first-order chi connectivity index (χ1) is 16.1. The van der Waals surface area contributed by atoms with E-state index in [0.29, 0.717) is 24.8 Å². The highest BCUT2D eigenvalue weighted by molar-refractivity contribution is 5.94. The van der Waals surface area contributed by atoms with E-state index >= 15 is 0 Å². The van der Waals surface area contributed by atoms with E-state index < -0.39 is 0 Å². The molecule has 172 valence electrons. The van der Waals surface area contributed by atoms with Crippen molar-refractivity contribution in [2.24, 2.45) is 0 Å². The summed E-state index contributed by atoms with van der Waals surface area (Å²) < 4.78 is 12.8. The summed E-state index contributed by atoms with van der Waals surface area (Å²) in [5.74, 6) is 1.63. The molecule has 2 aliphatic rings. The van der Waals surface area contributed by atoms with Gasteiger partial charge in [0.1, 0.15) is 11.5 Å². The lowest BCUT2D eigenvalue weighted by Crippen LogP contribution is -2.32. The summed E-state index contributed by atoms with van der Waals surface area (Å²) in [6.07, 6.45) is 2.97. The molecule has 33 heavy (non-hydrogen) atoms. The van der Waals surface area contributed by atoms with Crippen LogP contribution in [0.3, 0.4) is 0 Å². The van der Waals surface area contributed by atoms with Crippen LogP contribution in [0.2, 0.25) is 0 Å². The van der Waals surface area contributed by atoms with E-state index in [2.05, 4.69) is 28.4 Å². The molecule has 1 amide bonds. The van der Waals surface area contributed by atoms with Crippen molar-refractivity contribution in [3.8, 4) is 11.5 Å². The first kappa shape index (κ1) is 21.5. The molecular weight excluding hydrogens is 416 g/mol. The molecule has 0 bridgehead atoms. The first-order valence-corrected chi connectivity index (χ1v) is 11.5. The van der Waals surface area contributed by atoms with Gasteiger partial charge in [0.25, 0.3) is 5.91 Å². The molecule has 0 radical (unpaired) electrons. The van der Waals surface area contributed by atoms with Gasteiger partial charge in [-0.05, 0) is 48.2 Å². The predicted molar refractivity (Wildman–Crippen MR) is 126 cm³/mol. The highest BCUT2D eigenvalue weighted by Gasteiger charge is 2.31. The summed E-state index contributed by atoms with van der Waals surface area (Å²) in [5, 5.41) is 7.93. The van der Waals surface area contributed by atoms with Gasteiger partial charge in [-0.15, -0.1) is 0 Å². The van der Waals surface area contributed by atoms with Crippen LogP contribution in [0, 0.1) is 0 Å². The summed E-state index contributed by atoms with van der Waals surface area (Å²) in [6, 6.07) is 16.5. The molecule has 0 spiro atoms. The third-order valence-corrected chi connectivity index (χ3v) is 6.35. The number of benzene rings is 2. The molecule has 1 saturated carbocycles. The van der Waals surface area contributed by atoms with Gasteiger partial charge in [0.05, 0.1) is 20.8 Å². The maximum atomic E-state index is 13.0. The number of amides is 1. The molecule has 1 aliphatic carbocycles. The molecular formula is C26H30N4O3. The Balaban J connectivity index is 1.41. The predicted octanol–water partition coefficient (Wildman–Crippen LogP) is 3.40. The van der Waals surface area contributed by atoms with E-state index in [1.807, 2.05) is 35.0 Å². The Morgan fingerprint density at radius 2 is 1.70 bits per heavy atom. The number of fused-ring (bicyclic) bond motifs is 1. The Morgan fingerprint density at radius 3 is 2.33 bits per heavy atom. The van der Waals surface area contributed by atoms with E-state index in [1.54, 1.807) is 14.2 Å². The van der Waals surface area contributed by atoms with Gasteiger partial charge in [-0.1, -0.05) is 24.3 Å². The van der Waals surface area contributed by atoms with Gasteiger partial charge >= 0.3 is 0 Å². The summed E-state index contributed by atoms with van der Waals surface area (Å²) >= 11 is 0. The second-order valence-electron chi connectivity index (χ2n) is 8.84. The minimum Gasteiger partial charge on any atom is -0.497 e. The standard InChI is InChI=1S/C26H30N4O3/c1-32-21-7-3-5-18(13-21)15-29-12-11-24-23(17-29)25(26(31)27-20-9-10-20)28-30(24)16-19-6-4-8-22(14-19)33-2/h3-8,13-14,20H,9-12,15-17H2,1-2H3,(H,27,31). The Labute approximate surface area is 194 Å². The monoisotopic (exact) mass is 446 g/mol. The van der Waals surface area contributed by atoms with E-state index in [-0.39, 0.29) is 5.91 Å². The van der Waals surface area contributed by atoms with Crippen molar-refractivity contribution >= 4 is 5.91 Å². The number of rotatable bonds is 8. The summed E-state index contributed by atoms with van der Waals surface area (Å²) in [4.78, 5) is 15.4. The Morgan fingerprint density at radius 1 is 1.03 bits per heavy atom. The molecule has 1 fully saturated rings. The van der Waals surface area contributed by atoms with Crippen LogP contribution >= 0.6 is 0 Å². The van der Waals surface area contributed by atoms with Crippen LogP contribution in [0.4, 0.5) is 0 Å². The molecule has 1 aromatic heterocycles. The number of methoxy groups -OCH3 is 2. The van der Waals surface area contributed by atoms with Crippen molar-refractivity contribution < 1.29 is 14.3 Å². The smallest absolute Gasteiger partial charge is 0.272 e. The highest BCUT2D eigenvalue weighted by atomic mass is 16.5. The van der Waals surface area contributed by atoms with Crippen LogP contribution < -0.4 is 14.8 Å². The maximum absolute atomic E-state index is 13.0. The molecule has 7 heteroatoms. The fourth-order valence-corrected chi connectivity index (χ4v) is 4.45. The third-order valence-electron chi connectivity index (χ3n) is 6.35. The van der Waals surface area contributed by atoms with Gasteiger partial charge in [0.15, 0.2) is 5.69 Å². The second kappa shape index (κ2) is 9.27. The fraction of sp³-hybridized carbons (Fsp3) is 0.385. The SMILES string of the molecule is COc1cccc(CN2CCc3c(c(C(=O)NC4CC4)nn3Cc3cccc(OC)c3)C2)c1. The van der Waals surface area contributed by atoms with Crippen molar-refractivity contribution in [1.29, 1.82) is 0 Å². The van der Waals surface area contributed by atoms with Crippen LogP contribution in [0.25, 0.3) is 0 Å². The van der Waals surface area contributed by atoms with E-state index in [9.17, 15) is 4.79 Å². The Kier molecular flexibility index (Phi) is 6.05. The normalized spacial score (nSPS) is 15.7. The molecule has 1 N–H and O–H groups in total. The molecule has 3 aromatic rings. The first-order valence-electron chi connectivity index (χ1n) is 11.5. The van der Waals surface area contributed by atoms with Crippen LogP contribution in [0.15, 0.2) is 48.5 Å². The zero-order valence-electron chi connectivity index (χ0n) is 19.2. The van der Waals surface area contributed by atoms with Gasteiger partial charge in [-0.3, -0.25) is 14.4 Å². The average Bonchev–Trinajstić information content (AvgIpc) is 3.59. The van der Waals surface area contributed by atoms with Crippen molar-refractivity contribution in [3.63, 3.8) is 0 Å². The number of ether oxygens (including phenoxy) is 2. The molecule has 7 nitrogen and oxygen atoms in total.